The molecule has 1 aliphatic heterocycles. The van der Waals surface area contributed by atoms with Crippen LogP contribution >= 0.6 is 0 Å². The fourth-order valence-electron chi connectivity index (χ4n) is 4.81. The summed E-state index contributed by atoms with van der Waals surface area (Å²) in [6.45, 7) is 11.2. The van der Waals surface area contributed by atoms with E-state index in [2.05, 4.69) is 16.3 Å². The molecular weight excluding hydrogens is 512 g/mol. The van der Waals surface area contributed by atoms with Gasteiger partial charge < -0.3 is 19.9 Å². The molecule has 2 amide bonds. The highest BCUT2D eigenvalue weighted by Gasteiger charge is 2.34. The van der Waals surface area contributed by atoms with Gasteiger partial charge in [-0.25, -0.2) is 4.79 Å². The lowest BCUT2D eigenvalue weighted by atomic mass is 10.0. The van der Waals surface area contributed by atoms with Crippen molar-refractivity contribution in [2.45, 2.75) is 65.1 Å². The molecule has 1 aliphatic carbocycles. The first-order valence-electron chi connectivity index (χ1n) is 13.6. The first-order valence-corrected chi connectivity index (χ1v) is 13.6. The number of carboxylic acid groups (broad SMARTS) is 1. The second-order valence-corrected chi connectivity index (χ2v) is 11.5. The third kappa shape index (κ3) is 7.04. The standard InChI is InChI=1S/C30H38N4O6/c1-18-13-25(23(27(35)31-6)14-22(18)28(36)37)39-26(24-10-9-21(15-32-24)20-7-8-20)17-33-11-12-34(19(2)16-33)29(38)40-30(3,4)5/h9-10,13-15,20,26H,7-8,11-12,16-17H2,1-6H3,(H-,31,35,36,37)/p+1/t26-/m1/s1. The van der Waals surface area contributed by atoms with Crippen LogP contribution in [0.3, 0.4) is 0 Å². The Kier molecular flexibility index (Phi) is 8.58. The first kappa shape index (κ1) is 29.2. The highest BCUT2D eigenvalue weighted by molar-refractivity contribution is 6.00. The lowest BCUT2D eigenvalue weighted by Gasteiger charge is -2.30. The second kappa shape index (κ2) is 11.8. The highest BCUT2D eigenvalue weighted by atomic mass is 16.6. The fourth-order valence-corrected chi connectivity index (χ4v) is 4.81. The van der Waals surface area contributed by atoms with E-state index >= 15 is 0 Å². The maximum Gasteiger partial charge on any atom is 0.596 e. The third-order valence-electron chi connectivity index (χ3n) is 7.08. The molecule has 214 valence electrons. The molecule has 10 nitrogen and oxygen atoms in total. The molecule has 0 bridgehead atoms. The Morgan fingerprint density at radius 1 is 1.18 bits per heavy atom. The summed E-state index contributed by atoms with van der Waals surface area (Å²) in [4.78, 5) is 44.1. The van der Waals surface area contributed by atoms with E-state index in [1.54, 1.807) is 17.6 Å². The van der Waals surface area contributed by atoms with Crippen molar-refractivity contribution in [3.63, 3.8) is 0 Å². The van der Waals surface area contributed by atoms with Gasteiger partial charge in [-0.2, -0.15) is 4.79 Å². The van der Waals surface area contributed by atoms with Crippen molar-refractivity contribution in [2.75, 3.05) is 33.2 Å². The molecule has 1 fully saturated rings. The minimum atomic E-state index is -1.11. The normalized spacial score (nSPS) is 16.9. The average molecular weight is 552 g/mol. The number of aromatic nitrogens is 1. The quantitative estimate of drug-likeness (QED) is 0.469. The van der Waals surface area contributed by atoms with Crippen LogP contribution in [0.5, 0.6) is 5.75 Å². The van der Waals surface area contributed by atoms with Crippen molar-refractivity contribution in [3.05, 3.63) is 58.4 Å². The number of hydrogen-bond acceptors (Lipinski definition) is 7. The zero-order valence-corrected chi connectivity index (χ0v) is 24.1. The smallest absolute Gasteiger partial charge is 0.482 e. The number of aromatic carboxylic acids is 1. The van der Waals surface area contributed by atoms with Gasteiger partial charge in [0.05, 0.1) is 29.9 Å². The number of nitrogens with zero attached hydrogens (tertiary/aromatic N) is 3. The predicted octanol–water partition coefficient (Wildman–Crippen LogP) is 4.17. The van der Waals surface area contributed by atoms with Crippen LogP contribution in [0.15, 0.2) is 30.5 Å². The molecule has 1 aromatic carbocycles. The maximum atomic E-state index is 12.7. The minimum Gasteiger partial charge on any atom is -0.482 e. The second-order valence-electron chi connectivity index (χ2n) is 11.5. The van der Waals surface area contributed by atoms with Gasteiger partial charge in [0.1, 0.15) is 11.4 Å². The van der Waals surface area contributed by atoms with Crippen molar-refractivity contribution in [3.8, 4) is 5.75 Å². The molecular formula is C30H39N4O6+. The lowest BCUT2D eigenvalue weighted by molar-refractivity contribution is -0.458. The molecule has 0 spiro atoms. The zero-order valence-electron chi connectivity index (χ0n) is 24.1. The molecule has 0 unspecified atom stereocenters. The number of rotatable bonds is 8. The molecule has 2 N–H and O–H groups in total. The summed E-state index contributed by atoms with van der Waals surface area (Å²) in [6.07, 6.45) is 3.32. The Hall–Kier alpha value is -3.79. The van der Waals surface area contributed by atoms with Gasteiger partial charge in [-0.1, -0.05) is 6.07 Å². The van der Waals surface area contributed by atoms with Crippen LogP contribution in [0.2, 0.25) is 0 Å². The van der Waals surface area contributed by atoms with Gasteiger partial charge in [-0.15, -0.1) is 4.58 Å². The van der Waals surface area contributed by atoms with Crippen molar-refractivity contribution < 1.29 is 33.5 Å². The molecule has 2 aromatic rings. The molecule has 40 heavy (non-hydrogen) atoms. The van der Waals surface area contributed by atoms with E-state index in [0.29, 0.717) is 43.4 Å². The van der Waals surface area contributed by atoms with Crippen LogP contribution < -0.4 is 10.1 Å². The minimum absolute atomic E-state index is 0.0397. The van der Waals surface area contributed by atoms with Gasteiger partial charge in [0.25, 0.3) is 5.91 Å². The summed E-state index contributed by atoms with van der Waals surface area (Å²) < 4.78 is 13.7. The summed E-state index contributed by atoms with van der Waals surface area (Å²) in [5, 5.41) is 12.2. The number of amides is 2. The molecule has 4 rings (SSSR count). The van der Waals surface area contributed by atoms with Crippen molar-refractivity contribution in [2.24, 2.45) is 0 Å². The number of benzene rings is 1. The van der Waals surface area contributed by atoms with Crippen molar-refractivity contribution in [1.82, 2.24) is 15.2 Å². The van der Waals surface area contributed by atoms with E-state index in [9.17, 15) is 19.5 Å². The number of nitrogens with one attached hydrogen (secondary N) is 1. The molecule has 1 aromatic heterocycles. The predicted molar refractivity (Wildman–Crippen MR) is 150 cm³/mol. The average Bonchev–Trinajstić information content (AvgIpc) is 3.72. The van der Waals surface area contributed by atoms with Gasteiger partial charge in [-0.05, 0) is 75.8 Å². The maximum absolute atomic E-state index is 12.7. The largest absolute Gasteiger partial charge is 0.596 e. The monoisotopic (exact) mass is 551 g/mol. The van der Waals surface area contributed by atoms with E-state index in [1.807, 2.05) is 40.0 Å². The Bertz CT molecular complexity index is 1320. The van der Waals surface area contributed by atoms with E-state index in [0.717, 1.165) is 5.71 Å². The third-order valence-corrected chi connectivity index (χ3v) is 7.08. The Morgan fingerprint density at radius 2 is 1.90 bits per heavy atom. The summed E-state index contributed by atoms with van der Waals surface area (Å²) in [5.74, 6) is -0.710. The molecule has 2 aliphatic rings. The molecule has 10 heteroatoms. The number of ether oxygens (including phenoxy) is 2. The summed E-state index contributed by atoms with van der Waals surface area (Å²) >= 11 is 0. The Morgan fingerprint density at radius 3 is 2.45 bits per heavy atom. The van der Waals surface area contributed by atoms with Crippen LogP contribution in [-0.2, 0) is 4.74 Å². The Balaban J connectivity index is 1.63. The van der Waals surface area contributed by atoms with Crippen molar-refractivity contribution >= 4 is 23.7 Å². The fraction of sp³-hybridized carbons (Fsp3) is 0.500. The molecule has 1 saturated carbocycles. The van der Waals surface area contributed by atoms with Gasteiger partial charge in [0.2, 0.25) is 0 Å². The van der Waals surface area contributed by atoms with E-state index in [1.165, 1.54) is 31.5 Å². The van der Waals surface area contributed by atoms with Crippen LogP contribution in [0.1, 0.15) is 90.1 Å². The SMILES string of the molecule is CNC(=O)c1cc(C(=O)O)c(C)cc1O[C@H](CN1CC[N+](C(=O)OC(C)(C)C)=C(C)C1)c1ccc(C2CC2)cn1. The zero-order chi connectivity index (χ0) is 29.2. The van der Waals surface area contributed by atoms with Crippen LogP contribution in [0.25, 0.3) is 0 Å². The van der Waals surface area contributed by atoms with Crippen LogP contribution in [0, 0.1) is 6.92 Å². The number of aryl methyl sites for hydroxylation is 1. The van der Waals surface area contributed by atoms with Gasteiger partial charge in [0.15, 0.2) is 18.4 Å². The number of pyridine rings is 1. The molecule has 1 atom stereocenters. The lowest BCUT2D eigenvalue weighted by Crippen LogP contribution is -2.48. The number of carboxylic acids is 1. The van der Waals surface area contributed by atoms with E-state index in [4.69, 9.17) is 14.5 Å². The van der Waals surface area contributed by atoms with Gasteiger partial charge in [0, 0.05) is 26.7 Å². The summed E-state index contributed by atoms with van der Waals surface area (Å²) in [6, 6.07) is 6.98. The Labute approximate surface area is 235 Å². The topological polar surface area (TPSA) is 121 Å². The van der Waals surface area contributed by atoms with E-state index < -0.39 is 23.6 Å². The van der Waals surface area contributed by atoms with Gasteiger partial charge >= 0.3 is 12.1 Å². The highest BCUT2D eigenvalue weighted by Crippen LogP contribution is 2.40. The first-order chi connectivity index (χ1) is 18.9. The van der Waals surface area contributed by atoms with Crippen molar-refractivity contribution in [1.29, 1.82) is 0 Å². The molecule has 0 saturated heterocycles. The summed E-state index contributed by atoms with van der Waals surface area (Å²) in [7, 11) is 1.49. The van der Waals surface area contributed by atoms with Crippen LogP contribution in [-0.4, -0.2) is 82.1 Å². The number of carbonyl (C=O) groups is 3. The van der Waals surface area contributed by atoms with E-state index in [-0.39, 0.29) is 23.0 Å². The summed E-state index contributed by atoms with van der Waals surface area (Å²) in [5.41, 5.74) is 2.86. The van der Waals surface area contributed by atoms with Crippen LogP contribution in [0.4, 0.5) is 4.79 Å². The molecule has 2 heterocycles. The number of carbonyl (C=O) groups excluding carboxylic acids is 2. The molecule has 0 radical (unpaired) electrons. The van der Waals surface area contributed by atoms with Gasteiger partial charge in [-0.3, -0.25) is 14.7 Å². The number of hydrogen-bond donors (Lipinski definition) is 2.